The summed E-state index contributed by atoms with van der Waals surface area (Å²) >= 11 is 0. The second kappa shape index (κ2) is 8.65. The number of benzene rings is 2. The van der Waals surface area contributed by atoms with Crippen molar-refractivity contribution in [2.45, 2.75) is 39.7 Å². The van der Waals surface area contributed by atoms with Crippen LogP contribution in [0, 0.1) is 11.8 Å². The summed E-state index contributed by atoms with van der Waals surface area (Å²) in [5.74, 6) is 1.55. The fraction of sp³-hybridized carbons (Fsp3) is 0.364. The van der Waals surface area contributed by atoms with Crippen LogP contribution in [-0.2, 0) is 6.61 Å². The Morgan fingerprint density at radius 1 is 1.04 bits per heavy atom. The molecule has 26 heavy (non-hydrogen) atoms. The largest absolute Gasteiger partial charge is 0.489 e. The third kappa shape index (κ3) is 4.72. The molecule has 0 unspecified atom stereocenters. The van der Waals surface area contributed by atoms with Crippen LogP contribution in [0.5, 0.6) is 5.75 Å². The van der Waals surface area contributed by atoms with E-state index in [4.69, 9.17) is 4.74 Å². The molecular weight excluding hydrogens is 324 g/mol. The van der Waals surface area contributed by atoms with Gasteiger partial charge in [0.1, 0.15) is 12.4 Å². The Morgan fingerprint density at radius 2 is 1.69 bits per heavy atom. The van der Waals surface area contributed by atoms with E-state index >= 15 is 0 Å². The molecule has 2 atom stereocenters. The number of hydrazone groups is 1. The average molecular weight is 350 g/mol. The smallest absolute Gasteiger partial charge is 0.271 e. The lowest BCUT2D eigenvalue weighted by atomic mass is 9.81. The maximum atomic E-state index is 12.3. The molecule has 0 aromatic heterocycles. The van der Waals surface area contributed by atoms with Gasteiger partial charge >= 0.3 is 0 Å². The van der Waals surface area contributed by atoms with Crippen molar-refractivity contribution < 1.29 is 9.53 Å². The molecule has 0 saturated heterocycles. The third-order valence-corrected chi connectivity index (χ3v) is 4.94. The third-order valence-electron chi connectivity index (χ3n) is 4.94. The Balaban J connectivity index is 1.56. The predicted molar refractivity (Wildman–Crippen MR) is 104 cm³/mol. The molecular formula is C22H26N2O2. The van der Waals surface area contributed by atoms with Crippen molar-refractivity contribution in [3.63, 3.8) is 0 Å². The number of para-hydroxylation sites is 1. The summed E-state index contributed by atoms with van der Waals surface area (Å²) in [5.41, 5.74) is 5.46. The summed E-state index contributed by atoms with van der Waals surface area (Å²) in [6.45, 7) is 4.84. The van der Waals surface area contributed by atoms with Gasteiger partial charge in [0.05, 0.1) is 0 Å². The van der Waals surface area contributed by atoms with E-state index in [1.807, 2.05) is 54.6 Å². The van der Waals surface area contributed by atoms with Crippen LogP contribution in [0.3, 0.4) is 0 Å². The summed E-state index contributed by atoms with van der Waals surface area (Å²) in [6, 6.07) is 17.1. The lowest BCUT2D eigenvalue weighted by Gasteiger charge is -2.26. The van der Waals surface area contributed by atoms with Crippen molar-refractivity contribution in [1.29, 1.82) is 0 Å². The lowest BCUT2D eigenvalue weighted by Crippen LogP contribution is -2.29. The molecule has 0 spiro atoms. The van der Waals surface area contributed by atoms with E-state index in [2.05, 4.69) is 24.4 Å². The number of hydrogen-bond donors (Lipinski definition) is 1. The van der Waals surface area contributed by atoms with Gasteiger partial charge in [0.2, 0.25) is 0 Å². The first-order valence-electron chi connectivity index (χ1n) is 9.28. The second-order valence-electron chi connectivity index (χ2n) is 7.01. The van der Waals surface area contributed by atoms with Crippen molar-refractivity contribution in [3.05, 3.63) is 65.7 Å². The first kappa shape index (κ1) is 18.2. The second-order valence-corrected chi connectivity index (χ2v) is 7.01. The van der Waals surface area contributed by atoms with Crippen LogP contribution in [0.2, 0.25) is 0 Å². The molecule has 1 amide bonds. The molecule has 4 nitrogen and oxygen atoms in total. The van der Waals surface area contributed by atoms with E-state index in [1.54, 1.807) is 0 Å². The van der Waals surface area contributed by atoms with Crippen LogP contribution in [0.15, 0.2) is 59.7 Å². The average Bonchev–Trinajstić information content (AvgIpc) is 2.67. The van der Waals surface area contributed by atoms with Crippen molar-refractivity contribution >= 4 is 11.6 Å². The molecule has 1 N–H and O–H groups in total. The van der Waals surface area contributed by atoms with Crippen LogP contribution in [0.4, 0.5) is 0 Å². The van der Waals surface area contributed by atoms with Crippen molar-refractivity contribution in [1.82, 2.24) is 5.43 Å². The molecule has 1 aliphatic rings. The Bertz CT molecular complexity index is 741. The van der Waals surface area contributed by atoms with Gasteiger partial charge in [-0.05, 0) is 54.5 Å². The topological polar surface area (TPSA) is 50.7 Å². The highest BCUT2D eigenvalue weighted by Crippen LogP contribution is 2.25. The zero-order valence-corrected chi connectivity index (χ0v) is 15.4. The van der Waals surface area contributed by atoms with Crippen molar-refractivity contribution in [2.24, 2.45) is 16.9 Å². The van der Waals surface area contributed by atoms with E-state index in [0.29, 0.717) is 24.0 Å². The molecule has 2 aromatic rings. The Kier molecular flexibility index (Phi) is 6.05. The maximum Gasteiger partial charge on any atom is 0.271 e. The normalized spacial score (nSPS) is 19.7. The molecule has 0 bridgehead atoms. The molecule has 0 aliphatic heterocycles. The van der Waals surface area contributed by atoms with Gasteiger partial charge in [-0.3, -0.25) is 4.79 Å². The minimum Gasteiger partial charge on any atom is -0.489 e. The molecule has 136 valence electrons. The highest BCUT2D eigenvalue weighted by molar-refractivity contribution is 5.96. The zero-order valence-electron chi connectivity index (χ0n) is 15.4. The van der Waals surface area contributed by atoms with E-state index in [0.717, 1.165) is 29.9 Å². The molecule has 4 heteroatoms. The molecule has 1 fully saturated rings. The molecule has 2 aromatic carbocycles. The van der Waals surface area contributed by atoms with Gasteiger partial charge in [-0.2, -0.15) is 5.10 Å². The van der Waals surface area contributed by atoms with Crippen LogP contribution in [0.1, 0.15) is 49.0 Å². The summed E-state index contributed by atoms with van der Waals surface area (Å²) in [6.07, 6.45) is 3.53. The first-order chi connectivity index (χ1) is 12.6. The van der Waals surface area contributed by atoms with Gasteiger partial charge in [-0.15, -0.1) is 0 Å². The first-order valence-corrected chi connectivity index (χ1v) is 9.28. The van der Waals surface area contributed by atoms with Crippen LogP contribution < -0.4 is 10.2 Å². The SMILES string of the molecule is C[C@H]1CCC[C@H](C)C1=NNC(=O)c1ccc(COc2ccccc2)cc1. The van der Waals surface area contributed by atoms with Gasteiger partial charge in [0, 0.05) is 11.3 Å². The number of amides is 1. The lowest BCUT2D eigenvalue weighted by molar-refractivity contribution is 0.0954. The molecule has 1 saturated carbocycles. The summed E-state index contributed by atoms with van der Waals surface area (Å²) < 4.78 is 5.72. The number of rotatable bonds is 5. The minimum atomic E-state index is -0.169. The van der Waals surface area contributed by atoms with Gasteiger partial charge in [-0.25, -0.2) is 5.43 Å². The predicted octanol–water partition coefficient (Wildman–Crippen LogP) is 4.81. The van der Waals surface area contributed by atoms with Crippen molar-refractivity contribution in [3.8, 4) is 5.75 Å². The van der Waals surface area contributed by atoms with E-state index in [1.165, 1.54) is 6.42 Å². The Morgan fingerprint density at radius 3 is 2.35 bits per heavy atom. The van der Waals surface area contributed by atoms with Gasteiger partial charge in [-0.1, -0.05) is 50.6 Å². The quantitative estimate of drug-likeness (QED) is 0.787. The van der Waals surface area contributed by atoms with Gasteiger partial charge in [0.25, 0.3) is 5.91 Å². The molecule has 0 radical (unpaired) electrons. The standard InChI is InChI=1S/C22H26N2O2/c1-16-7-6-8-17(2)21(16)23-24-22(25)19-13-11-18(12-14-19)15-26-20-9-4-3-5-10-20/h3-5,9-14,16-17H,6-8,15H2,1-2H3,(H,24,25)/t16-,17-/m0/s1. The molecule has 1 aliphatic carbocycles. The summed E-state index contributed by atoms with van der Waals surface area (Å²) in [4.78, 5) is 12.3. The number of hydrogen-bond acceptors (Lipinski definition) is 3. The number of carbonyl (C=O) groups excluding carboxylic acids is 1. The fourth-order valence-corrected chi connectivity index (χ4v) is 3.35. The number of ether oxygens (including phenoxy) is 1. The monoisotopic (exact) mass is 350 g/mol. The highest BCUT2D eigenvalue weighted by atomic mass is 16.5. The Labute approximate surface area is 155 Å². The minimum absolute atomic E-state index is 0.169. The fourth-order valence-electron chi connectivity index (χ4n) is 3.35. The van der Waals surface area contributed by atoms with Crippen LogP contribution in [0.25, 0.3) is 0 Å². The van der Waals surface area contributed by atoms with Crippen LogP contribution in [-0.4, -0.2) is 11.6 Å². The van der Waals surface area contributed by atoms with Gasteiger partial charge < -0.3 is 4.74 Å². The zero-order chi connectivity index (χ0) is 18.4. The van der Waals surface area contributed by atoms with E-state index in [9.17, 15) is 4.79 Å². The summed E-state index contributed by atoms with van der Waals surface area (Å²) in [7, 11) is 0. The maximum absolute atomic E-state index is 12.3. The van der Waals surface area contributed by atoms with E-state index < -0.39 is 0 Å². The Hall–Kier alpha value is -2.62. The molecule has 0 heterocycles. The highest BCUT2D eigenvalue weighted by Gasteiger charge is 2.23. The number of nitrogens with zero attached hydrogens (tertiary/aromatic N) is 1. The summed E-state index contributed by atoms with van der Waals surface area (Å²) in [5, 5.41) is 4.41. The van der Waals surface area contributed by atoms with E-state index in [-0.39, 0.29) is 5.91 Å². The number of nitrogens with one attached hydrogen (secondary N) is 1. The number of carbonyl (C=O) groups is 1. The van der Waals surface area contributed by atoms with Gasteiger partial charge in [0.15, 0.2) is 0 Å². The van der Waals surface area contributed by atoms with Crippen molar-refractivity contribution in [2.75, 3.05) is 0 Å². The molecule has 3 rings (SSSR count). The van der Waals surface area contributed by atoms with Crippen LogP contribution >= 0.6 is 0 Å².